The molecule has 2 aromatic carbocycles. The number of carbonyl (C=O) groups is 1. The van der Waals surface area contributed by atoms with Crippen LogP contribution >= 0.6 is 0 Å². The van der Waals surface area contributed by atoms with Crippen LogP contribution in [0.5, 0.6) is 0 Å². The predicted octanol–water partition coefficient (Wildman–Crippen LogP) is 4.22. The molecule has 0 bridgehead atoms. The van der Waals surface area contributed by atoms with E-state index in [0.717, 1.165) is 30.0 Å². The number of nitrogens with zero attached hydrogens (tertiary/aromatic N) is 1. The van der Waals surface area contributed by atoms with E-state index in [-0.39, 0.29) is 5.91 Å². The van der Waals surface area contributed by atoms with Crippen molar-refractivity contribution in [3.05, 3.63) is 67.3 Å². The normalized spacial score (nSPS) is 11.1. The Morgan fingerprint density at radius 3 is 2.11 bits per heavy atom. The number of nitrogens with one attached hydrogen (secondary N) is 1. The third kappa shape index (κ3) is 5.77. The van der Waals surface area contributed by atoms with Gasteiger partial charge in [0.2, 0.25) is 5.91 Å². The second-order valence-electron chi connectivity index (χ2n) is 6.13. The summed E-state index contributed by atoms with van der Waals surface area (Å²) >= 11 is 0. The van der Waals surface area contributed by atoms with Crippen molar-refractivity contribution in [1.29, 1.82) is 0 Å². The van der Waals surface area contributed by atoms with Gasteiger partial charge in [0.1, 0.15) is 0 Å². The summed E-state index contributed by atoms with van der Waals surface area (Å²) in [5, 5.41) is 2.76. The first-order chi connectivity index (χ1) is 13.6. The van der Waals surface area contributed by atoms with E-state index >= 15 is 0 Å². The second kappa shape index (κ2) is 10.8. The highest BCUT2D eigenvalue weighted by atomic mass is 28.4. The summed E-state index contributed by atoms with van der Waals surface area (Å²) in [5.41, 5.74) is 2.85. The van der Waals surface area contributed by atoms with E-state index in [9.17, 15) is 4.79 Å². The maximum absolute atomic E-state index is 11.5. The summed E-state index contributed by atoms with van der Waals surface area (Å²) < 4.78 is 16.6. The molecule has 1 amide bonds. The minimum atomic E-state index is -2.60. The van der Waals surface area contributed by atoms with Gasteiger partial charge in [0, 0.05) is 51.0 Å². The fourth-order valence-electron chi connectivity index (χ4n) is 2.94. The molecule has 6 nitrogen and oxygen atoms in total. The van der Waals surface area contributed by atoms with Crippen molar-refractivity contribution in [3.8, 4) is 0 Å². The monoisotopic (exact) mass is 400 g/mol. The molecular formula is C21H28N2O4Si. The van der Waals surface area contributed by atoms with Crippen molar-refractivity contribution in [3.63, 3.8) is 0 Å². The van der Waals surface area contributed by atoms with Gasteiger partial charge < -0.3 is 23.5 Å². The van der Waals surface area contributed by atoms with Gasteiger partial charge >= 0.3 is 8.80 Å². The Labute approximate surface area is 168 Å². The summed E-state index contributed by atoms with van der Waals surface area (Å²) in [7, 11) is 2.29. The van der Waals surface area contributed by atoms with Crippen molar-refractivity contribution in [2.24, 2.45) is 0 Å². The number of benzene rings is 2. The van der Waals surface area contributed by atoms with E-state index in [0.29, 0.717) is 6.04 Å². The Bertz CT molecular complexity index is 740. The predicted molar refractivity (Wildman–Crippen MR) is 115 cm³/mol. The molecule has 0 unspecified atom stereocenters. The molecular weight excluding hydrogens is 372 g/mol. The molecule has 1 N–H and O–H groups in total. The van der Waals surface area contributed by atoms with Gasteiger partial charge in [-0.25, -0.2) is 0 Å². The highest BCUT2D eigenvalue weighted by Gasteiger charge is 2.37. The number of hydrogen-bond donors (Lipinski definition) is 1. The lowest BCUT2D eigenvalue weighted by molar-refractivity contribution is -0.111. The molecule has 0 aliphatic rings. The Morgan fingerprint density at radius 2 is 1.57 bits per heavy atom. The van der Waals surface area contributed by atoms with Crippen LogP contribution in [0.15, 0.2) is 67.3 Å². The molecule has 0 atom stereocenters. The van der Waals surface area contributed by atoms with Gasteiger partial charge in [-0.2, -0.15) is 0 Å². The summed E-state index contributed by atoms with van der Waals surface area (Å²) in [6.45, 7) is 4.24. The van der Waals surface area contributed by atoms with Crippen LogP contribution in [-0.2, 0) is 18.1 Å². The summed E-state index contributed by atoms with van der Waals surface area (Å²) in [4.78, 5) is 13.7. The summed E-state index contributed by atoms with van der Waals surface area (Å²) in [6.07, 6.45) is 2.09. The molecule has 0 fully saturated rings. The molecule has 0 aromatic heterocycles. The SMILES string of the molecule is C=CC(=O)Nc1ccc(N(CCC[Si](OC)(OC)OC)c2ccccc2)cc1. The molecule has 0 saturated carbocycles. The number of para-hydroxylation sites is 1. The Morgan fingerprint density at radius 1 is 1.00 bits per heavy atom. The van der Waals surface area contributed by atoms with Crippen LogP contribution in [0.1, 0.15) is 6.42 Å². The van der Waals surface area contributed by atoms with Crippen LogP contribution in [-0.4, -0.2) is 42.6 Å². The van der Waals surface area contributed by atoms with Crippen molar-refractivity contribution in [2.75, 3.05) is 38.1 Å². The smallest absolute Gasteiger partial charge is 0.377 e. The van der Waals surface area contributed by atoms with E-state index in [2.05, 4.69) is 28.9 Å². The average Bonchev–Trinajstić information content (AvgIpc) is 2.76. The first-order valence-corrected chi connectivity index (χ1v) is 11.0. The molecule has 0 aliphatic carbocycles. The zero-order valence-corrected chi connectivity index (χ0v) is 17.7. The van der Waals surface area contributed by atoms with E-state index in [1.54, 1.807) is 21.3 Å². The summed E-state index contributed by atoms with van der Waals surface area (Å²) in [6, 6.07) is 18.6. The van der Waals surface area contributed by atoms with E-state index < -0.39 is 8.80 Å². The van der Waals surface area contributed by atoms with Gasteiger partial charge in [-0.05, 0) is 48.9 Å². The average molecular weight is 401 g/mol. The fraction of sp³-hybridized carbons (Fsp3) is 0.286. The Hall–Kier alpha value is -2.45. The second-order valence-corrected chi connectivity index (χ2v) is 9.22. The lowest BCUT2D eigenvalue weighted by Gasteiger charge is -2.28. The van der Waals surface area contributed by atoms with E-state index in [1.165, 1.54) is 6.08 Å². The molecule has 0 radical (unpaired) electrons. The molecule has 7 heteroatoms. The number of hydrogen-bond acceptors (Lipinski definition) is 5. The Kier molecular flexibility index (Phi) is 8.40. The minimum absolute atomic E-state index is 0.229. The van der Waals surface area contributed by atoms with Gasteiger partial charge in [-0.3, -0.25) is 4.79 Å². The first-order valence-electron chi connectivity index (χ1n) is 9.09. The van der Waals surface area contributed by atoms with Crippen LogP contribution in [0.25, 0.3) is 0 Å². The molecule has 0 spiro atoms. The molecule has 0 aliphatic heterocycles. The third-order valence-electron chi connectivity index (χ3n) is 4.50. The quantitative estimate of drug-likeness (QED) is 0.452. The molecule has 150 valence electrons. The first kappa shape index (κ1) is 21.8. The van der Waals surface area contributed by atoms with E-state index in [4.69, 9.17) is 13.3 Å². The van der Waals surface area contributed by atoms with Crippen molar-refractivity contribution < 1.29 is 18.1 Å². The van der Waals surface area contributed by atoms with Gasteiger partial charge in [0.05, 0.1) is 0 Å². The van der Waals surface area contributed by atoms with Crippen LogP contribution in [0.2, 0.25) is 6.04 Å². The van der Waals surface area contributed by atoms with Crippen molar-refractivity contribution in [2.45, 2.75) is 12.5 Å². The van der Waals surface area contributed by atoms with Gasteiger partial charge in [-0.15, -0.1) is 0 Å². The number of carbonyl (C=O) groups excluding carboxylic acids is 1. The number of rotatable bonds is 11. The largest absolute Gasteiger partial charge is 0.500 e. The van der Waals surface area contributed by atoms with Gasteiger partial charge in [0.15, 0.2) is 0 Å². The minimum Gasteiger partial charge on any atom is -0.377 e. The lowest BCUT2D eigenvalue weighted by atomic mass is 10.2. The molecule has 2 aromatic rings. The molecule has 0 saturated heterocycles. The van der Waals surface area contributed by atoms with Crippen LogP contribution in [0, 0.1) is 0 Å². The van der Waals surface area contributed by atoms with Gasteiger partial charge in [-0.1, -0.05) is 24.8 Å². The topological polar surface area (TPSA) is 60.0 Å². The lowest BCUT2D eigenvalue weighted by Crippen LogP contribution is -2.43. The molecule has 2 rings (SSSR count). The zero-order valence-electron chi connectivity index (χ0n) is 16.7. The fourth-order valence-corrected chi connectivity index (χ4v) is 4.65. The molecule has 0 heterocycles. The highest BCUT2D eigenvalue weighted by Crippen LogP contribution is 2.28. The number of anilines is 3. The van der Waals surface area contributed by atoms with Gasteiger partial charge in [0.25, 0.3) is 0 Å². The van der Waals surface area contributed by atoms with Crippen molar-refractivity contribution >= 4 is 31.8 Å². The van der Waals surface area contributed by atoms with Crippen molar-refractivity contribution in [1.82, 2.24) is 0 Å². The zero-order chi connectivity index (χ0) is 20.4. The maximum Gasteiger partial charge on any atom is 0.500 e. The van der Waals surface area contributed by atoms with E-state index in [1.807, 2.05) is 42.5 Å². The maximum atomic E-state index is 11.5. The number of amides is 1. The highest BCUT2D eigenvalue weighted by molar-refractivity contribution is 6.60. The molecule has 28 heavy (non-hydrogen) atoms. The standard InChI is InChI=1S/C21H28N2O4Si/c1-5-21(24)22-18-12-14-20(15-13-18)23(19-10-7-6-8-11-19)16-9-17-28(25-2,26-3)27-4/h5-8,10-15H,1,9,16-17H2,2-4H3,(H,22,24). The summed E-state index contributed by atoms with van der Waals surface area (Å²) in [5.74, 6) is -0.229. The third-order valence-corrected chi connectivity index (χ3v) is 7.33. The Balaban J connectivity index is 2.16. The van der Waals surface area contributed by atoms with Crippen LogP contribution < -0.4 is 10.2 Å². The van der Waals surface area contributed by atoms with Crippen LogP contribution in [0.3, 0.4) is 0 Å². The van der Waals surface area contributed by atoms with Crippen LogP contribution in [0.4, 0.5) is 17.1 Å².